The van der Waals surface area contributed by atoms with Gasteiger partial charge < -0.3 is 4.74 Å². The van der Waals surface area contributed by atoms with Gasteiger partial charge in [-0.3, -0.25) is 4.79 Å². The van der Waals surface area contributed by atoms with Crippen LogP contribution in [0.15, 0.2) is 24.3 Å². The van der Waals surface area contributed by atoms with Gasteiger partial charge in [-0.15, -0.1) is 0 Å². The topological polar surface area (TPSA) is 26.3 Å². The van der Waals surface area contributed by atoms with Crippen molar-refractivity contribution in [1.29, 1.82) is 0 Å². The van der Waals surface area contributed by atoms with Crippen LogP contribution in [0.4, 0.5) is 0 Å². The van der Waals surface area contributed by atoms with E-state index in [9.17, 15) is 4.79 Å². The lowest BCUT2D eigenvalue weighted by Crippen LogP contribution is -2.15. The third-order valence-electron chi connectivity index (χ3n) is 3.52. The molecule has 0 fully saturated rings. The highest BCUT2D eigenvalue weighted by molar-refractivity contribution is 6.03. The average molecular weight is 218 g/mol. The van der Waals surface area contributed by atoms with Crippen molar-refractivity contribution in [2.75, 3.05) is 13.7 Å². The van der Waals surface area contributed by atoms with E-state index >= 15 is 0 Å². The van der Waals surface area contributed by atoms with Gasteiger partial charge in [0.15, 0.2) is 5.78 Å². The molecule has 1 aliphatic carbocycles. The highest BCUT2D eigenvalue weighted by Gasteiger charge is 2.37. The van der Waals surface area contributed by atoms with Gasteiger partial charge in [0.05, 0.1) is 0 Å². The summed E-state index contributed by atoms with van der Waals surface area (Å²) >= 11 is 0. The second-order valence-corrected chi connectivity index (χ2v) is 4.35. The molecule has 0 bridgehead atoms. The lowest BCUT2D eigenvalue weighted by atomic mass is 9.88. The Hall–Kier alpha value is -1.15. The summed E-state index contributed by atoms with van der Waals surface area (Å²) in [4.78, 5) is 12.2. The summed E-state index contributed by atoms with van der Waals surface area (Å²) in [5.41, 5.74) is 2.16. The van der Waals surface area contributed by atoms with Gasteiger partial charge >= 0.3 is 0 Å². The Balaban J connectivity index is 2.28. The number of ketones is 1. The van der Waals surface area contributed by atoms with Crippen LogP contribution >= 0.6 is 0 Å². The predicted molar refractivity (Wildman–Crippen MR) is 63.8 cm³/mol. The molecule has 2 nitrogen and oxygen atoms in total. The molecule has 86 valence electrons. The monoisotopic (exact) mass is 218 g/mol. The number of Topliss-reactive ketones (excluding diaryl/α,β-unsaturated/α-hetero) is 1. The van der Waals surface area contributed by atoms with Gasteiger partial charge in [0.1, 0.15) is 0 Å². The second kappa shape index (κ2) is 4.79. The van der Waals surface area contributed by atoms with Gasteiger partial charge in [-0.25, -0.2) is 0 Å². The van der Waals surface area contributed by atoms with Crippen molar-refractivity contribution in [1.82, 2.24) is 0 Å². The minimum Gasteiger partial charge on any atom is -0.385 e. The zero-order valence-electron chi connectivity index (χ0n) is 9.90. The summed E-state index contributed by atoms with van der Waals surface area (Å²) < 4.78 is 5.09. The lowest BCUT2D eigenvalue weighted by Gasteiger charge is -2.16. The summed E-state index contributed by atoms with van der Waals surface area (Å²) in [5.74, 6) is 0.820. The number of hydrogen-bond donors (Lipinski definition) is 0. The molecule has 0 N–H and O–H groups in total. The van der Waals surface area contributed by atoms with Crippen LogP contribution in [-0.2, 0) is 4.74 Å². The van der Waals surface area contributed by atoms with Gasteiger partial charge in [-0.2, -0.15) is 0 Å². The van der Waals surface area contributed by atoms with Crippen LogP contribution < -0.4 is 0 Å². The molecule has 1 aliphatic rings. The third-order valence-corrected chi connectivity index (χ3v) is 3.52. The van der Waals surface area contributed by atoms with Gasteiger partial charge in [0.25, 0.3) is 0 Å². The Kier molecular flexibility index (Phi) is 3.39. The van der Waals surface area contributed by atoms with E-state index in [1.54, 1.807) is 7.11 Å². The molecule has 2 unspecified atom stereocenters. The summed E-state index contributed by atoms with van der Waals surface area (Å²) in [6.07, 6.45) is 1.86. The zero-order chi connectivity index (χ0) is 11.5. The fourth-order valence-electron chi connectivity index (χ4n) is 2.73. The minimum atomic E-state index is 0.127. The van der Waals surface area contributed by atoms with Gasteiger partial charge in [-0.05, 0) is 24.3 Å². The molecule has 0 saturated carbocycles. The van der Waals surface area contributed by atoms with Crippen LogP contribution in [0.3, 0.4) is 0 Å². The number of benzene rings is 1. The van der Waals surface area contributed by atoms with Crippen LogP contribution in [0.1, 0.15) is 41.6 Å². The maximum atomic E-state index is 12.2. The first-order valence-corrected chi connectivity index (χ1v) is 5.91. The molecule has 1 aromatic carbocycles. The van der Waals surface area contributed by atoms with E-state index < -0.39 is 0 Å². The zero-order valence-corrected chi connectivity index (χ0v) is 9.90. The van der Waals surface area contributed by atoms with Crippen LogP contribution in [-0.4, -0.2) is 19.5 Å². The van der Waals surface area contributed by atoms with E-state index in [1.807, 2.05) is 18.2 Å². The first-order valence-electron chi connectivity index (χ1n) is 5.91. The minimum absolute atomic E-state index is 0.127. The van der Waals surface area contributed by atoms with E-state index in [-0.39, 0.29) is 5.92 Å². The summed E-state index contributed by atoms with van der Waals surface area (Å²) in [6, 6.07) is 8.01. The first-order chi connectivity index (χ1) is 7.79. The van der Waals surface area contributed by atoms with Crippen molar-refractivity contribution >= 4 is 5.78 Å². The molecule has 16 heavy (non-hydrogen) atoms. The molecule has 0 aromatic heterocycles. The highest BCUT2D eigenvalue weighted by Crippen LogP contribution is 2.41. The summed E-state index contributed by atoms with van der Waals surface area (Å²) in [6.45, 7) is 2.82. The smallest absolute Gasteiger partial charge is 0.166 e. The number of carbonyl (C=O) groups excluding carboxylic acids is 1. The van der Waals surface area contributed by atoms with Crippen molar-refractivity contribution < 1.29 is 9.53 Å². The Morgan fingerprint density at radius 3 is 2.69 bits per heavy atom. The predicted octanol–water partition coefficient (Wildman–Crippen LogP) is 3.03. The molecule has 2 heteroatoms. The Morgan fingerprint density at radius 2 is 2.00 bits per heavy atom. The number of carbonyl (C=O) groups is 1. The van der Waals surface area contributed by atoms with E-state index in [4.69, 9.17) is 4.74 Å². The molecular formula is C14H18O2. The van der Waals surface area contributed by atoms with Crippen molar-refractivity contribution in [3.05, 3.63) is 35.4 Å². The molecule has 1 aromatic rings. The molecule has 2 rings (SSSR count). The van der Waals surface area contributed by atoms with Crippen molar-refractivity contribution in [2.24, 2.45) is 5.92 Å². The molecular weight excluding hydrogens is 200 g/mol. The fraction of sp³-hybridized carbons (Fsp3) is 0.500. The number of hydrogen-bond acceptors (Lipinski definition) is 2. The highest BCUT2D eigenvalue weighted by atomic mass is 16.5. The molecule has 0 amide bonds. The Labute approximate surface area is 96.6 Å². The maximum absolute atomic E-state index is 12.2. The average Bonchev–Trinajstić information content (AvgIpc) is 2.60. The molecule has 2 atom stereocenters. The molecule has 0 aliphatic heterocycles. The molecule has 0 radical (unpaired) electrons. The fourth-order valence-corrected chi connectivity index (χ4v) is 2.73. The summed E-state index contributed by atoms with van der Waals surface area (Å²) in [7, 11) is 1.69. The van der Waals surface area contributed by atoms with Crippen molar-refractivity contribution in [3.63, 3.8) is 0 Å². The van der Waals surface area contributed by atoms with E-state index in [1.165, 1.54) is 5.56 Å². The van der Waals surface area contributed by atoms with Crippen LogP contribution in [0.25, 0.3) is 0 Å². The van der Waals surface area contributed by atoms with E-state index in [2.05, 4.69) is 13.0 Å². The molecule has 0 heterocycles. The van der Waals surface area contributed by atoms with Crippen LogP contribution in [0, 0.1) is 5.92 Å². The Morgan fingerprint density at radius 1 is 1.25 bits per heavy atom. The van der Waals surface area contributed by atoms with E-state index in [0.29, 0.717) is 18.3 Å². The lowest BCUT2D eigenvalue weighted by molar-refractivity contribution is 0.0878. The first kappa shape index (κ1) is 11.3. The third kappa shape index (κ3) is 1.78. The van der Waals surface area contributed by atoms with Gasteiger partial charge in [-0.1, -0.05) is 31.2 Å². The van der Waals surface area contributed by atoms with Crippen molar-refractivity contribution in [3.8, 4) is 0 Å². The van der Waals surface area contributed by atoms with Gasteiger partial charge in [0.2, 0.25) is 0 Å². The Bertz CT molecular complexity index is 384. The number of fused-ring (bicyclic) bond motifs is 1. The number of methoxy groups -OCH3 is 1. The number of ether oxygens (including phenoxy) is 1. The molecule has 0 saturated heterocycles. The maximum Gasteiger partial charge on any atom is 0.166 e. The quantitative estimate of drug-likeness (QED) is 0.776. The van der Waals surface area contributed by atoms with Crippen molar-refractivity contribution in [2.45, 2.75) is 25.7 Å². The molecule has 0 spiro atoms. The SMILES string of the molecule is CCC1c2ccccc2C(=O)C1CCOC. The van der Waals surface area contributed by atoms with Gasteiger partial charge in [0, 0.05) is 25.2 Å². The van der Waals surface area contributed by atoms with E-state index in [0.717, 1.165) is 18.4 Å². The standard InChI is InChI=1S/C14H18O2/c1-3-10-11-6-4-5-7-12(11)14(15)13(10)8-9-16-2/h4-7,10,13H,3,8-9H2,1-2H3. The largest absolute Gasteiger partial charge is 0.385 e. The normalized spacial score (nSPS) is 23.5. The number of rotatable bonds is 4. The van der Waals surface area contributed by atoms with Crippen LogP contribution in [0.2, 0.25) is 0 Å². The summed E-state index contributed by atoms with van der Waals surface area (Å²) in [5, 5.41) is 0. The second-order valence-electron chi connectivity index (χ2n) is 4.35. The van der Waals surface area contributed by atoms with Crippen LogP contribution in [0.5, 0.6) is 0 Å².